The van der Waals surface area contributed by atoms with E-state index >= 15 is 0 Å². The third kappa shape index (κ3) is 6.34. The summed E-state index contributed by atoms with van der Waals surface area (Å²) in [4.78, 5) is 26.6. The number of nitrogens with zero attached hydrogens (tertiary/aromatic N) is 1. The summed E-state index contributed by atoms with van der Waals surface area (Å²) in [6, 6.07) is 13.9. The largest absolute Gasteiger partial charge is 0.489 e. The number of ether oxygens (including phenoxy) is 2. The van der Waals surface area contributed by atoms with Gasteiger partial charge < -0.3 is 19.9 Å². The molecule has 0 aromatic heterocycles. The highest BCUT2D eigenvalue weighted by molar-refractivity contribution is 5.87. The van der Waals surface area contributed by atoms with Crippen molar-refractivity contribution in [3.8, 4) is 5.75 Å². The number of carboxylic acids is 1. The molecule has 3 fully saturated rings. The molecule has 0 aliphatic carbocycles. The summed E-state index contributed by atoms with van der Waals surface area (Å²) in [5.41, 5.74) is 2.79. The van der Waals surface area contributed by atoms with Gasteiger partial charge in [0, 0.05) is 6.54 Å². The molecule has 0 radical (unpaired) electrons. The van der Waals surface area contributed by atoms with Crippen LogP contribution in [0.2, 0.25) is 0 Å². The Morgan fingerprint density at radius 3 is 2.58 bits per heavy atom. The van der Waals surface area contributed by atoms with Gasteiger partial charge in [-0.15, -0.1) is 0 Å². The lowest BCUT2D eigenvalue weighted by atomic mass is 9.86. The Bertz CT molecular complexity index is 1130. The first kappa shape index (κ1) is 25.5. The van der Waals surface area contributed by atoms with Gasteiger partial charge in [-0.05, 0) is 86.7 Å². The van der Waals surface area contributed by atoms with E-state index in [1.165, 1.54) is 0 Å². The molecule has 2 N–H and O–H groups in total. The molecule has 2 aromatic carbocycles. The van der Waals surface area contributed by atoms with Gasteiger partial charge in [-0.1, -0.05) is 42.5 Å². The number of aromatic carboxylic acids is 1. The van der Waals surface area contributed by atoms with Gasteiger partial charge in [0.1, 0.15) is 18.5 Å². The quantitative estimate of drug-likeness (QED) is 0.461. The van der Waals surface area contributed by atoms with Gasteiger partial charge >= 0.3 is 12.1 Å². The van der Waals surface area contributed by atoms with Crippen LogP contribution in [0, 0.1) is 5.92 Å². The first-order valence-corrected chi connectivity index (χ1v) is 12.5. The van der Waals surface area contributed by atoms with E-state index in [9.17, 15) is 14.7 Å². The highest BCUT2D eigenvalue weighted by atomic mass is 16.6. The van der Waals surface area contributed by atoms with Crippen LogP contribution in [-0.4, -0.2) is 47.8 Å². The van der Waals surface area contributed by atoms with Crippen LogP contribution in [0.15, 0.2) is 72.3 Å². The summed E-state index contributed by atoms with van der Waals surface area (Å²) < 4.78 is 11.9. The van der Waals surface area contributed by atoms with E-state index in [1.807, 2.05) is 62.4 Å². The first-order chi connectivity index (χ1) is 17.5. The number of carboxylic acid groups (broad SMARTS) is 1. The molecule has 2 aromatic rings. The van der Waals surface area contributed by atoms with E-state index in [1.54, 1.807) is 18.2 Å². The summed E-state index contributed by atoms with van der Waals surface area (Å²) in [5, 5.41) is 12.3. The summed E-state index contributed by atoms with van der Waals surface area (Å²) in [6.07, 6.45) is 7.57. The lowest BCUT2D eigenvalue weighted by molar-refractivity contribution is -0.0336. The molecule has 36 heavy (non-hydrogen) atoms. The number of piperidine rings is 3. The van der Waals surface area contributed by atoms with Gasteiger partial charge in [-0.25, -0.2) is 9.59 Å². The number of amides is 1. The number of hydrogen-bond acceptors (Lipinski definition) is 5. The van der Waals surface area contributed by atoms with E-state index in [4.69, 9.17) is 9.47 Å². The third-order valence-corrected chi connectivity index (χ3v) is 6.91. The molecular weight excluding hydrogens is 456 g/mol. The van der Waals surface area contributed by atoms with Gasteiger partial charge in [0.15, 0.2) is 0 Å². The average Bonchev–Trinajstić information content (AvgIpc) is 2.90. The minimum absolute atomic E-state index is 0.0693. The molecule has 0 spiro atoms. The SMILES string of the molecule is C/C=C\C(=C/C)[C@H](NC(=O)O[C@H]1CN2CCC1CC2)c1cccc(OCc2cccc(C(=O)O)c2)c1. The number of nitrogens with one attached hydrogen (secondary N) is 1. The summed E-state index contributed by atoms with van der Waals surface area (Å²) in [5.74, 6) is 0.0924. The van der Waals surface area contributed by atoms with Crippen molar-refractivity contribution < 1.29 is 24.2 Å². The number of rotatable bonds is 9. The van der Waals surface area contributed by atoms with Gasteiger partial charge in [0.2, 0.25) is 0 Å². The molecule has 7 nitrogen and oxygen atoms in total. The van der Waals surface area contributed by atoms with Crippen molar-refractivity contribution >= 4 is 12.1 Å². The average molecular weight is 491 g/mol. The van der Waals surface area contributed by atoms with Crippen LogP contribution in [0.25, 0.3) is 0 Å². The van der Waals surface area contributed by atoms with Crippen molar-refractivity contribution in [3.05, 3.63) is 89.0 Å². The standard InChI is InChI=1S/C29H34N2O5/c1-3-7-21(4-2)27(30-29(34)36-26-18-31-14-12-22(26)13-15-31)23-9-6-11-25(17-23)35-19-20-8-5-10-24(16-20)28(32)33/h3-11,16-17,22,26-27H,12-15,18-19H2,1-2H3,(H,30,34)(H,32,33)/b7-3-,21-4+/t26-,27-/m0/s1. The van der Waals surface area contributed by atoms with Crippen LogP contribution in [0.4, 0.5) is 4.79 Å². The molecule has 0 saturated carbocycles. The molecule has 3 saturated heterocycles. The molecule has 0 unspecified atom stereocenters. The maximum absolute atomic E-state index is 13.0. The van der Waals surface area contributed by atoms with Crippen LogP contribution >= 0.6 is 0 Å². The van der Waals surface area contributed by atoms with E-state index in [-0.39, 0.29) is 18.3 Å². The van der Waals surface area contributed by atoms with Crippen molar-refractivity contribution in [3.63, 3.8) is 0 Å². The number of alkyl carbamates (subject to hydrolysis) is 1. The molecule has 3 heterocycles. The van der Waals surface area contributed by atoms with Crippen LogP contribution in [0.5, 0.6) is 5.75 Å². The Balaban J connectivity index is 1.48. The molecular formula is C29H34N2O5. The smallest absolute Gasteiger partial charge is 0.408 e. The number of benzene rings is 2. The number of fused-ring (bicyclic) bond motifs is 3. The number of hydrogen-bond donors (Lipinski definition) is 2. The fourth-order valence-corrected chi connectivity index (χ4v) is 4.99. The molecule has 5 rings (SSSR count). The van der Waals surface area contributed by atoms with E-state index in [0.29, 0.717) is 11.7 Å². The van der Waals surface area contributed by atoms with Crippen LogP contribution in [0.3, 0.4) is 0 Å². The van der Waals surface area contributed by atoms with Crippen molar-refractivity contribution in [2.75, 3.05) is 19.6 Å². The summed E-state index contributed by atoms with van der Waals surface area (Å²) in [7, 11) is 0. The van der Waals surface area contributed by atoms with Gasteiger partial charge in [0.05, 0.1) is 11.6 Å². The Kier molecular flexibility index (Phi) is 8.44. The van der Waals surface area contributed by atoms with Gasteiger partial charge in [-0.3, -0.25) is 4.90 Å². The van der Waals surface area contributed by atoms with E-state index in [2.05, 4.69) is 10.2 Å². The van der Waals surface area contributed by atoms with Crippen molar-refractivity contribution in [2.45, 2.75) is 45.4 Å². The molecule has 3 aliphatic rings. The van der Waals surface area contributed by atoms with Gasteiger partial charge in [-0.2, -0.15) is 0 Å². The van der Waals surface area contributed by atoms with Crippen LogP contribution in [-0.2, 0) is 11.3 Å². The normalized spacial score (nSPS) is 22.3. The molecule has 1 amide bonds. The van der Waals surface area contributed by atoms with E-state index < -0.39 is 18.1 Å². The predicted octanol–water partition coefficient (Wildman–Crippen LogP) is 5.35. The maximum Gasteiger partial charge on any atom is 0.408 e. The fraction of sp³-hybridized carbons (Fsp3) is 0.379. The second-order valence-electron chi connectivity index (χ2n) is 9.31. The topological polar surface area (TPSA) is 88.1 Å². The molecule has 2 atom stereocenters. The highest BCUT2D eigenvalue weighted by Crippen LogP contribution is 2.31. The van der Waals surface area contributed by atoms with Crippen LogP contribution in [0.1, 0.15) is 54.2 Å². The van der Waals surface area contributed by atoms with Crippen molar-refractivity contribution in [2.24, 2.45) is 5.92 Å². The maximum atomic E-state index is 13.0. The minimum Gasteiger partial charge on any atom is -0.489 e. The molecule has 2 bridgehead atoms. The summed E-state index contributed by atoms with van der Waals surface area (Å²) in [6.45, 7) is 7.10. The fourth-order valence-electron chi connectivity index (χ4n) is 4.99. The summed E-state index contributed by atoms with van der Waals surface area (Å²) >= 11 is 0. The Labute approximate surface area is 212 Å². The number of carbonyl (C=O) groups excluding carboxylic acids is 1. The molecule has 190 valence electrons. The van der Waals surface area contributed by atoms with Crippen LogP contribution < -0.4 is 10.1 Å². The molecule has 7 heteroatoms. The molecule has 3 aliphatic heterocycles. The Morgan fingerprint density at radius 1 is 1.14 bits per heavy atom. The second kappa shape index (κ2) is 11.9. The van der Waals surface area contributed by atoms with Gasteiger partial charge in [0.25, 0.3) is 0 Å². The first-order valence-electron chi connectivity index (χ1n) is 12.5. The zero-order chi connectivity index (χ0) is 25.5. The Morgan fingerprint density at radius 2 is 1.92 bits per heavy atom. The number of allylic oxidation sites excluding steroid dienone is 2. The zero-order valence-electron chi connectivity index (χ0n) is 20.9. The monoisotopic (exact) mass is 490 g/mol. The minimum atomic E-state index is -0.972. The predicted molar refractivity (Wildman–Crippen MR) is 138 cm³/mol. The van der Waals surface area contributed by atoms with Crippen molar-refractivity contribution in [1.82, 2.24) is 10.2 Å². The number of carbonyl (C=O) groups is 2. The lowest BCUT2D eigenvalue weighted by Gasteiger charge is -2.43. The third-order valence-electron chi connectivity index (χ3n) is 6.91. The Hall–Kier alpha value is -3.58. The lowest BCUT2D eigenvalue weighted by Crippen LogP contribution is -2.52. The van der Waals surface area contributed by atoms with Crippen molar-refractivity contribution in [1.29, 1.82) is 0 Å². The second-order valence-corrected chi connectivity index (χ2v) is 9.31. The highest BCUT2D eigenvalue weighted by Gasteiger charge is 2.36. The zero-order valence-corrected chi connectivity index (χ0v) is 20.9. The van der Waals surface area contributed by atoms with E-state index in [0.717, 1.165) is 49.2 Å².